The third-order valence-corrected chi connectivity index (χ3v) is 6.03. The predicted octanol–water partition coefficient (Wildman–Crippen LogP) is 4.79. The summed E-state index contributed by atoms with van der Waals surface area (Å²) >= 11 is 6.34. The smallest absolute Gasteiger partial charge is 0.225 e. The van der Waals surface area contributed by atoms with Crippen LogP contribution in [0.15, 0.2) is 42.6 Å². The van der Waals surface area contributed by atoms with E-state index in [2.05, 4.69) is 25.6 Å². The van der Waals surface area contributed by atoms with Crippen molar-refractivity contribution in [3.8, 4) is 11.4 Å². The van der Waals surface area contributed by atoms with Gasteiger partial charge in [0, 0.05) is 13.1 Å². The van der Waals surface area contributed by atoms with Gasteiger partial charge in [-0.05, 0) is 55.3 Å². The van der Waals surface area contributed by atoms with E-state index in [1.165, 1.54) is 12.1 Å². The molecule has 0 amide bonds. The molecule has 1 unspecified atom stereocenters. The van der Waals surface area contributed by atoms with Crippen LogP contribution in [0, 0.1) is 23.4 Å². The molecule has 1 aliphatic rings. The zero-order valence-corrected chi connectivity index (χ0v) is 18.2. The Morgan fingerprint density at radius 1 is 1.09 bits per heavy atom. The summed E-state index contributed by atoms with van der Waals surface area (Å²) in [6.07, 6.45) is 2.54. The number of imidazole rings is 1. The molecule has 1 aliphatic heterocycles. The zero-order valence-electron chi connectivity index (χ0n) is 17.5. The predicted molar refractivity (Wildman–Crippen MR) is 120 cm³/mol. The van der Waals surface area contributed by atoms with Crippen molar-refractivity contribution in [1.82, 2.24) is 24.8 Å². The molecule has 0 radical (unpaired) electrons. The van der Waals surface area contributed by atoms with E-state index in [-0.39, 0.29) is 17.1 Å². The van der Waals surface area contributed by atoms with E-state index < -0.39 is 17.5 Å². The minimum atomic E-state index is -0.916. The number of nitrogens with zero attached hydrogens (tertiary/aromatic N) is 4. The molecule has 170 valence electrons. The number of nitrogens with one attached hydrogen (secondary N) is 2. The lowest BCUT2D eigenvalue weighted by molar-refractivity contribution is 0.489. The van der Waals surface area contributed by atoms with E-state index in [9.17, 15) is 13.2 Å². The lowest BCUT2D eigenvalue weighted by atomic mass is 10.1. The van der Waals surface area contributed by atoms with Gasteiger partial charge in [-0.1, -0.05) is 23.7 Å². The fraction of sp³-hybridized carbons (Fsp3) is 0.261. The Balaban J connectivity index is 1.53. The van der Waals surface area contributed by atoms with Crippen molar-refractivity contribution in [2.45, 2.75) is 19.5 Å². The van der Waals surface area contributed by atoms with Gasteiger partial charge in [-0.3, -0.25) is 0 Å². The molecule has 2 aromatic carbocycles. The maximum Gasteiger partial charge on any atom is 0.225 e. The van der Waals surface area contributed by atoms with Crippen molar-refractivity contribution in [2.24, 2.45) is 5.92 Å². The van der Waals surface area contributed by atoms with Crippen LogP contribution in [-0.2, 0) is 13.1 Å². The number of anilines is 1. The van der Waals surface area contributed by atoms with Crippen LogP contribution in [0.5, 0.6) is 0 Å². The second-order valence-electron chi connectivity index (χ2n) is 8.01. The van der Waals surface area contributed by atoms with Gasteiger partial charge in [0.2, 0.25) is 5.95 Å². The lowest BCUT2D eigenvalue weighted by Gasteiger charge is -2.14. The van der Waals surface area contributed by atoms with Crippen LogP contribution in [0.4, 0.5) is 19.1 Å². The SMILES string of the molecule is Fc1ccc(CNc2ncc3nc(-c4c(F)cccc4Cl)n(CC4CCNC4)c3n2)cc1F. The highest BCUT2D eigenvalue weighted by molar-refractivity contribution is 6.33. The fourth-order valence-corrected chi connectivity index (χ4v) is 4.29. The molecule has 1 saturated heterocycles. The first-order valence-corrected chi connectivity index (χ1v) is 10.9. The summed E-state index contributed by atoms with van der Waals surface area (Å²) < 4.78 is 43.3. The topological polar surface area (TPSA) is 67.7 Å². The van der Waals surface area contributed by atoms with Gasteiger partial charge in [0.05, 0.1) is 16.8 Å². The summed E-state index contributed by atoms with van der Waals surface area (Å²) in [4.78, 5) is 13.5. The maximum atomic E-state index is 14.8. The van der Waals surface area contributed by atoms with Crippen LogP contribution in [0.25, 0.3) is 22.6 Å². The van der Waals surface area contributed by atoms with Gasteiger partial charge in [0.1, 0.15) is 17.2 Å². The second kappa shape index (κ2) is 8.99. The molecule has 1 atom stereocenters. The highest BCUT2D eigenvalue weighted by Crippen LogP contribution is 2.33. The molecule has 0 saturated carbocycles. The maximum absolute atomic E-state index is 14.8. The molecule has 4 aromatic rings. The monoisotopic (exact) mass is 472 g/mol. The Kier molecular flexibility index (Phi) is 5.90. The van der Waals surface area contributed by atoms with Crippen molar-refractivity contribution < 1.29 is 13.2 Å². The van der Waals surface area contributed by atoms with Gasteiger partial charge in [-0.15, -0.1) is 0 Å². The lowest BCUT2D eigenvalue weighted by Crippen LogP contribution is -2.16. The Hall–Kier alpha value is -3.17. The molecule has 2 N–H and O–H groups in total. The van der Waals surface area contributed by atoms with Crippen LogP contribution < -0.4 is 10.6 Å². The molecule has 0 spiro atoms. The van der Waals surface area contributed by atoms with Gasteiger partial charge < -0.3 is 15.2 Å². The molecule has 33 heavy (non-hydrogen) atoms. The Labute approximate surface area is 192 Å². The number of rotatable bonds is 6. The van der Waals surface area contributed by atoms with E-state index in [0.29, 0.717) is 41.0 Å². The standard InChI is InChI=1S/C23H20ClF3N6/c24-15-2-1-3-17(26)20(15)22-31-19-11-30-23(29-10-13-4-5-16(25)18(27)8-13)32-21(19)33(22)12-14-6-7-28-9-14/h1-5,8,11,14,28H,6-7,9-10,12H2,(H,29,30,32). The largest absolute Gasteiger partial charge is 0.350 e. The third-order valence-electron chi connectivity index (χ3n) is 5.71. The van der Waals surface area contributed by atoms with Crippen molar-refractivity contribution >= 4 is 28.7 Å². The average molecular weight is 473 g/mol. The molecule has 5 rings (SSSR count). The van der Waals surface area contributed by atoms with E-state index in [4.69, 9.17) is 11.6 Å². The quantitative estimate of drug-likeness (QED) is 0.422. The van der Waals surface area contributed by atoms with Crippen LogP contribution in [0.1, 0.15) is 12.0 Å². The highest BCUT2D eigenvalue weighted by Gasteiger charge is 2.24. The van der Waals surface area contributed by atoms with Gasteiger partial charge in [-0.2, -0.15) is 4.98 Å². The molecule has 6 nitrogen and oxygen atoms in total. The normalized spacial score (nSPS) is 15.9. The van der Waals surface area contributed by atoms with E-state index in [0.717, 1.165) is 31.6 Å². The Morgan fingerprint density at radius 3 is 2.73 bits per heavy atom. The number of benzene rings is 2. The molecule has 2 aromatic heterocycles. The first kappa shape index (κ1) is 21.7. The van der Waals surface area contributed by atoms with Crippen molar-refractivity contribution in [3.63, 3.8) is 0 Å². The van der Waals surface area contributed by atoms with Crippen LogP contribution in [0.2, 0.25) is 5.02 Å². The molecule has 3 heterocycles. The fourth-order valence-electron chi connectivity index (χ4n) is 4.04. The highest BCUT2D eigenvalue weighted by atomic mass is 35.5. The summed E-state index contributed by atoms with van der Waals surface area (Å²) in [7, 11) is 0. The summed E-state index contributed by atoms with van der Waals surface area (Å²) in [6, 6.07) is 8.21. The van der Waals surface area contributed by atoms with E-state index in [1.807, 2.05) is 4.57 Å². The van der Waals surface area contributed by atoms with Crippen molar-refractivity contribution in [3.05, 3.63) is 70.6 Å². The van der Waals surface area contributed by atoms with E-state index >= 15 is 0 Å². The first-order chi connectivity index (χ1) is 16.0. The van der Waals surface area contributed by atoms with Crippen molar-refractivity contribution in [2.75, 3.05) is 18.4 Å². The third kappa shape index (κ3) is 4.38. The Morgan fingerprint density at radius 2 is 1.97 bits per heavy atom. The van der Waals surface area contributed by atoms with Gasteiger partial charge >= 0.3 is 0 Å². The molecule has 0 aliphatic carbocycles. The summed E-state index contributed by atoms with van der Waals surface area (Å²) in [6.45, 7) is 2.55. The number of halogens is 4. The zero-order chi connectivity index (χ0) is 22.9. The molecule has 1 fully saturated rings. The summed E-state index contributed by atoms with van der Waals surface area (Å²) in [5.41, 5.74) is 1.81. The van der Waals surface area contributed by atoms with Crippen LogP contribution >= 0.6 is 11.6 Å². The molecule has 10 heteroatoms. The second-order valence-corrected chi connectivity index (χ2v) is 8.41. The average Bonchev–Trinajstić information content (AvgIpc) is 3.43. The molecular weight excluding hydrogens is 453 g/mol. The minimum Gasteiger partial charge on any atom is -0.350 e. The van der Waals surface area contributed by atoms with Crippen molar-refractivity contribution in [1.29, 1.82) is 0 Å². The van der Waals surface area contributed by atoms with Gasteiger partial charge in [-0.25, -0.2) is 23.1 Å². The van der Waals surface area contributed by atoms with Crippen LogP contribution in [0.3, 0.4) is 0 Å². The number of fused-ring (bicyclic) bond motifs is 1. The summed E-state index contributed by atoms with van der Waals surface area (Å²) in [5.74, 6) is -1.26. The number of aromatic nitrogens is 4. The minimum absolute atomic E-state index is 0.204. The van der Waals surface area contributed by atoms with Crippen LogP contribution in [-0.4, -0.2) is 32.6 Å². The molecular formula is C23H20ClF3N6. The number of hydrogen-bond acceptors (Lipinski definition) is 5. The van der Waals surface area contributed by atoms with E-state index in [1.54, 1.807) is 18.3 Å². The molecule has 0 bridgehead atoms. The van der Waals surface area contributed by atoms with Gasteiger partial charge in [0.15, 0.2) is 17.3 Å². The van der Waals surface area contributed by atoms with Gasteiger partial charge in [0.25, 0.3) is 0 Å². The number of hydrogen-bond donors (Lipinski definition) is 2. The first-order valence-electron chi connectivity index (χ1n) is 10.6. The summed E-state index contributed by atoms with van der Waals surface area (Å²) in [5, 5.41) is 6.63. The Bertz CT molecular complexity index is 1300.